The first-order valence-corrected chi connectivity index (χ1v) is 8.12. The molecular formula is C18H17NO2S. The van der Waals surface area contributed by atoms with Gasteiger partial charge in [0.05, 0.1) is 11.4 Å². The number of hydrogen-bond donors (Lipinski definition) is 1. The molecular weight excluding hydrogens is 294 g/mol. The minimum atomic E-state index is 0.0397. The Morgan fingerprint density at radius 2 is 1.91 bits per heavy atom. The van der Waals surface area contributed by atoms with Gasteiger partial charge in [0.1, 0.15) is 11.5 Å². The van der Waals surface area contributed by atoms with Crippen LogP contribution in [0.15, 0.2) is 64.4 Å². The summed E-state index contributed by atoms with van der Waals surface area (Å²) in [6.07, 6.45) is 1.24. The summed E-state index contributed by atoms with van der Waals surface area (Å²) in [5.41, 5.74) is 1.18. The van der Waals surface area contributed by atoms with E-state index in [-0.39, 0.29) is 5.91 Å². The number of amides is 1. The van der Waals surface area contributed by atoms with Crippen molar-refractivity contribution in [3.63, 3.8) is 0 Å². The summed E-state index contributed by atoms with van der Waals surface area (Å²) in [5, 5.41) is 4.92. The fraction of sp³-hybridized carbons (Fsp3) is 0.167. The van der Waals surface area contributed by atoms with Crippen LogP contribution in [0.2, 0.25) is 0 Å². The molecule has 1 amide bonds. The number of aryl methyl sites for hydroxylation is 1. The number of nitrogens with one attached hydrogen (secondary N) is 1. The van der Waals surface area contributed by atoms with Gasteiger partial charge in [0.2, 0.25) is 5.91 Å². The zero-order valence-electron chi connectivity index (χ0n) is 12.1. The van der Waals surface area contributed by atoms with Crippen LogP contribution >= 0.6 is 11.3 Å². The molecule has 0 aliphatic heterocycles. The van der Waals surface area contributed by atoms with Gasteiger partial charge in [0.15, 0.2) is 0 Å². The molecule has 0 unspecified atom stereocenters. The summed E-state index contributed by atoms with van der Waals surface area (Å²) >= 11 is 1.64. The van der Waals surface area contributed by atoms with Crippen LogP contribution in [0.3, 0.4) is 0 Å². The van der Waals surface area contributed by atoms with Crippen LogP contribution in [-0.4, -0.2) is 5.91 Å². The van der Waals surface area contributed by atoms with Crippen molar-refractivity contribution >= 4 is 17.2 Å². The molecule has 0 saturated heterocycles. The number of thiophene rings is 1. The Hall–Kier alpha value is -2.33. The van der Waals surface area contributed by atoms with Crippen molar-refractivity contribution in [2.75, 3.05) is 0 Å². The Kier molecular flexibility index (Phi) is 4.71. The molecule has 3 nitrogen and oxygen atoms in total. The highest BCUT2D eigenvalue weighted by atomic mass is 32.1. The normalized spacial score (nSPS) is 10.5. The highest BCUT2D eigenvalue weighted by Gasteiger charge is 2.07. The average Bonchev–Trinajstić information content (AvgIpc) is 3.22. The van der Waals surface area contributed by atoms with Crippen LogP contribution in [0.25, 0.3) is 10.6 Å². The molecule has 2 heterocycles. The van der Waals surface area contributed by atoms with E-state index < -0.39 is 0 Å². The molecule has 22 heavy (non-hydrogen) atoms. The zero-order chi connectivity index (χ0) is 15.2. The third kappa shape index (κ3) is 3.86. The Balaban J connectivity index is 1.47. The summed E-state index contributed by atoms with van der Waals surface area (Å²) in [5.74, 6) is 1.66. The maximum absolute atomic E-state index is 11.9. The Morgan fingerprint density at radius 1 is 1.05 bits per heavy atom. The minimum absolute atomic E-state index is 0.0397. The second kappa shape index (κ2) is 7.09. The fourth-order valence-corrected chi connectivity index (χ4v) is 2.89. The van der Waals surface area contributed by atoms with Crippen molar-refractivity contribution in [1.29, 1.82) is 0 Å². The highest BCUT2D eigenvalue weighted by molar-refractivity contribution is 7.13. The molecule has 0 saturated carbocycles. The highest BCUT2D eigenvalue weighted by Crippen LogP contribution is 2.26. The Labute approximate surface area is 133 Å². The van der Waals surface area contributed by atoms with Gasteiger partial charge in [0, 0.05) is 6.42 Å². The van der Waals surface area contributed by atoms with Gasteiger partial charge < -0.3 is 9.73 Å². The van der Waals surface area contributed by atoms with Crippen LogP contribution in [0.4, 0.5) is 0 Å². The predicted octanol–water partition coefficient (Wildman–Crippen LogP) is 4.26. The van der Waals surface area contributed by atoms with Crippen LogP contribution in [0.1, 0.15) is 17.7 Å². The zero-order valence-corrected chi connectivity index (χ0v) is 12.9. The van der Waals surface area contributed by atoms with Gasteiger partial charge in [-0.25, -0.2) is 0 Å². The van der Waals surface area contributed by atoms with Crippen molar-refractivity contribution in [1.82, 2.24) is 5.32 Å². The topological polar surface area (TPSA) is 42.2 Å². The molecule has 0 radical (unpaired) electrons. The first kappa shape index (κ1) is 14.6. The second-order valence-corrected chi connectivity index (χ2v) is 5.95. The Morgan fingerprint density at radius 3 is 2.68 bits per heavy atom. The lowest BCUT2D eigenvalue weighted by Gasteiger charge is -2.03. The predicted molar refractivity (Wildman–Crippen MR) is 88.6 cm³/mol. The standard InChI is InChI=1S/C18H17NO2S/c20-18(11-8-14-5-2-1-3-6-14)19-13-15-9-10-16(21-15)17-7-4-12-22-17/h1-7,9-10,12H,8,11,13H2,(H,19,20). The van der Waals surface area contributed by atoms with E-state index in [4.69, 9.17) is 4.42 Å². The van der Waals surface area contributed by atoms with E-state index in [0.717, 1.165) is 22.8 Å². The number of carbonyl (C=O) groups is 1. The monoisotopic (exact) mass is 311 g/mol. The molecule has 3 rings (SSSR count). The van der Waals surface area contributed by atoms with E-state index >= 15 is 0 Å². The number of rotatable bonds is 6. The maximum atomic E-state index is 11.9. The summed E-state index contributed by atoms with van der Waals surface area (Å²) in [7, 11) is 0. The van der Waals surface area contributed by atoms with Gasteiger partial charge in [-0.2, -0.15) is 0 Å². The molecule has 112 valence electrons. The molecule has 0 bridgehead atoms. The van der Waals surface area contributed by atoms with Crippen molar-refractivity contribution in [2.45, 2.75) is 19.4 Å². The van der Waals surface area contributed by atoms with E-state index in [1.807, 2.05) is 60.0 Å². The van der Waals surface area contributed by atoms with Crippen LogP contribution < -0.4 is 5.32 Å². The van der Waals surface area contributed by atoms with Crippen LogP contribution in [-0.2, 0) is 17.8 Å². The molecule has 1 N–H and O–H groups in total. The van der Waals surface area contributed by atoms with Gasteiger partial charge in [-0.3, -0.25) is 4.79 Å². The SMILES string of the molecule is O=C(CCc1ccccc1)NCc1ccc(-c2cccs2)o1. The first-order chi connectivity index (χ1) is 10.8. The van der Waals surface area contributed by atoms with Gasteiger partial charge >= 0.3 is 0 Å². The lowest BCUT2D eigenvalue weighted by atomic mass is 10.1. The van der Waals surface area contributed by atoms with E-state index in [1.54, 1.807) is 11.3 Å². The van der Waals surface area contributed by atoms with E-state index in [9.17, 15) is 4.79 Å². The van der Waals surface area contributed by atoms with E-state index in [0.29, 0.717) is 13.0 Å². The summed E-state index contributed by atoms with van der Waals surface area (Å²) in [4.78, 5) is 13.0. The molecule has 0 spiro atoms. The summed E-state index contributed by atoms with van der Waals surface area (Å²) in [6.45, 7) is 0.430. The van der Waals surface area contributed by atoms with E-state index in [1.165, 1.54) is 5.56 Å². The quantitative estimate of drug-likeness (QED) is 0.739. The van der Waals surface area contributed by atoms with Gasteiger partial charge in [0.25, 0.3) is 0 Å². The molecule has 1 aromatic carbocycles. The van der Waals surface area contributed by atoms with Crippen LogP contribution in [0.5, 0.6) is 0 Å². The lowest BCUT2D eigenvalue weighted by molar-refractivity contribution is -0.121. The molecule has 0 atom stereocenters. The van der Waals surface area contributed by atoms with Crippen LogP contribution in [0, 0.1) is 0 Å². The van der Waals surface area contributed by atoms with Crippen molar-refractivity contribution < 1.29 is 9.21 Å². The van der Waals surface area contributed by atoms with Gasteiger partial charge in [-0.05, 0) is 35.6 Å². The third-order valence-corrected chi connectivity index (χ3v) is 4.25. The summed E-state index contributed by atoms with van der Waals surface area (Å²) in [6, 6.07) is 17.9. The van der Waals surface area contributed by atoms with Gasteiger partial charge in [-0.1, -0.05) is 36.4 Å². The molecule has 2 aromatic heterocycles. The van der Waals surface area contributed by atoms with Crippen molar-refractivity contribution in [2.24, 2.45) is 0 Å². The molecule has 3 aromatic rings. The number of furan rings is 1. The molecule has 0 fully saturated rings. The van der Waals surface area contributed by atoms with E-state index in [2.05, 4.69) is 5.32 Å². The second-order valence-electron chi connectivity index (χ2n) is 5.01. The average molecular weight is 311 g/mol. The number of hydrogen-bond acceptors (Lipinski definition) is 3. The third-order valence-electron chi connectivity index (χ3n) is 3.37. The smallest absolute Gasteiger partial charge is 0.220 e. The Bertz CT molecular complexity index is 717. The fourth-order valence-electron chi connectivity index (χ4n) is 2.20. The molecule has 0 aliphatic rings. The molecule has 4 heteroatoms. The lowest BCUT2D eigenvalue weighted by Crippen LogP contribution is -2.22. The first-order valence-electron chi connectivity index (χ1n) is 7.24. The number of carbonyl (C=O) groups excluding carboxylic acids is 1. The summed E-state index contributed by atoms with van der Waals surface area (Å²) < 4.78 is 5.74. The minimum Gasteiger partial charge on any atom is -0.458 e. The maximum Gasteiger partial charge on any atom is 0.220 e. The largest absolute Gasteiger partial charge is 0.458 e. The van der Waals surface area contributed by atoms with Crippen molar-refractivity contribution in [3.8, 4) is 10.6 Å². The number of benzene rings is 1. The van der Waals surface area contributed by atoms with Gasteiger partial charge in [-0.15, -0.1) is 11.3 Å². The van der Waals surface area contributed by atoms with Crippen molar-refractivity contribution in [3.05, 3.63) is 71.3 Å². The molecule has 0 aliphatic carbocycles.